The van der Waals surface area contributed by atoms with Crippen molar-refractivity contribution in [1.29, 1.82) is 0 Å². The van der Waals surface area contributed by atoms with Crippen molar-refractivity contribution < 1.29 is 9.53 Å². The van der Waals surface area contributed by atoms with E-state index in [1.165, 1.54) is 60.3 Å². The number of hydrogen-bond acceptors (Lipinski definition) is 4. The third-order valence-corrected chi connectivity index (χ3v) is 7.65. The number of fused-ring (bicyclic) bond motifs is 1. The Morgan fingerprint density at radius 2 is 2.00 bits per heavy atom. The van der Waals surface area contributed by atoms with Crippen molar-refractivity contribution in [3.63, 3.8) is 0 Å². The quantitative estimate of drug-likeness (QED) is 0.587. The van der Waals surface area contributed by atoms with Gasteiger partial charge in [0.25, 0.3) is 5.91 Å². The van der Waals surface area contributed by atoms with Crippen molar-refractivity contribution in [2.24, 2.45) is 5.92 Å². The second-order valence-corrected chi connectivity index (χ2v) is 10.4. The van der Waals surface area contributed by atoms with Crippen LogP contribution in [0, 0.1) is 5.92 Å². The van der Waals surface area contributed by atoms with Gasteiger partial charge in [0.15, 0.2) is 0 Å². The molecule has 0 spiro atoms. The molecule has 1 saturated heterocycles. The fourth-order valence-electron chi connectivity index (χ4n) is 5.00. The van der Waals surface area contributed by atoms with Crippen LogP contribution in [0.15, 0.2) is 23.1 Å². The molecule has 1 amide bonds. The maximum absolute atomic E-state index is 13.5. The normalized spacial score (nSPS) is 22.0. The molecule has 0 N–H and O–H groups in total. The number of nitrogens with zero attached hydrogens (tertiary/aromatic N) is 2. The Bertz CT molecular complexity index is 703. The van der Waals surface area contributed by atoms with E-state index in [0.29, 0.717) is 25.1 Å². The van der Waals surface area contributed by atoms with E-state index in [9.17, 15) is 4.79 Å². The predicted octanol–water partition coefficient (Wildman–Crippen LogP) is 5.38. The SMILES string of the molecule is CC.CC(C)CN(Cc1ccc2c(c1)SCCC2)C(=O)C1CN(C2CCCC2)CCO1. The molecule has 1 aromatic carbocycles. The van der Waals surface area contributed by atoms with Crippen LogP contribution in [0.1, 0.15) is 70.9 Å². The molecule has 5 heteroatoms. The summed E-state index contributed by atoms with van der Waals surface area (Å²) < 4.78 is 5.98. The molecule has 1 aromatic rings. The molecule has 2 fully saturated rings. The molecule has 0 aromatic heterocycles. The predicted molar refractivity (Wildman–Crippen MR) is 131 cm³/mol. The van der Waals surface area contributed by atoms with Gasteiger partial charge in [-0.2, -0.15) is 0 Å². The van der Waals surface area contributed by atoms with Gasteiger partial charge in [0.05, 0.1) is 6.61 Å². The van der Waals surface area contributed by atoms with Crippen LogP contribution in [0.5, 0.6) is 0 Å². The lowest BCUT2D eigenvalue weighted by atomic mass is 10.1. The van der Waals surface area contributed by atoms with Gasteiger partial charge in [0.2, 0.25) is 0 Å². The molecule has 4 rings (SSSR count). The Kier molecular flexibility index (Phi) is 9.73. The summed E-state index contributed by atoms with van der Waals surface area (Å²) in [7, 11) is 0. The average molecular weight is 447 g/mol. The minimum absolute atomic E-state index is 0.173. The number of amides is 1. The van der Waals surface area contributed by atoms with Gasteiger partial charge in [0.1, 0.15) is 6.10 Å². The van der Waals surface area contributed by atoms with E-state index in [2.05, 4.69) is 36.9 Å². The van der Waals surface area contributed by atoms with Gasteiger partial charge in [-0.15, -0.1) is 11.8 Å². The lowest BCUT2D eigenvalue weighted by Gasteiger charge is -2.38. The van der Waals surface area contributed by atoms with Crippen molar-refractivity contribution in [2.75, 3.05) is 32.0 Å². The zero-order valence-electron chi connectivity index (χ0n) is 20.1. The second-order valence-electron chi connectivity index (χ2n) is 9.30. The lowest BCUT2D eigenvalue weighted by molar-refractivity contribution is -0.151. The van der Waals surface area contributed by atoms with Gasteiger partial charge >= 0.3 is 0 Å². The third kappa shape index (κ3) is 6.72. The number of carbonyl (C=O) groups is 1. The van der Waals surface area contributed by atoms with Crippen LogP contribution in [-0.4, -0.2) is 59.8 Å². The smallest absolute Gasteiger partial charge is 0.253 e. The summed E-state index contributed by atoms with van der Waals surface area (Å²) in [5.74, 6) is 1.82. The van der Waals surface area contributed by atoms with Gasteiger partial charge in [-0.05, 0) is 54.5 Å². The number of aryl methyl sites for hydroxylation is 1. The standard InChI is InChI=1S/C24H36N2O2S.C2H6/c1-18(2)15-26(16-19-9-10-20-6-5-13-29-23(20)14-19)24(27)22-17-25(11-12-28-22)21-7-3-4-8-21;1-2/h9-10,14,18,21-22H,3-8,11-13,15-17H2,1-2H3;1-2H3. The van der Waals surface area contributed by atoms with E-state index < -0.39 is 0 Å². The van der Waals surface area contributed by atoms with Crippen LogP contribution in [0.2, 0.25) is 0 Å². The summed E-state index contributed by atoms with van der Waals surface area (Å²) in [4.78, 5) is 19.4. The molecule has 1 unspecified atom stereocenters. The first-order valence-electron chi connectivity index (χ1n) is 12.5. The van der Waals surface area contributed by atoms with Crippen molar-refractivity contribution >= 4 is 17.7 Å². The number of ether oxygens (including phenoxy) is 1. The van der Waals surface area contributed by atoms with Gasteiger partial charge in [0, 0.05) is 37.1 Å². The fraction of sp³-hybridized carbons (Fsp3) is 0.731. The first-order valence-corrected chi connectivity index (χ1v) is 13.5. The Hall–Kier alpha value is -1.04. The van der Waals surface area contributed by atoms with Crippen LogP contribution in [0.3, 0.4) is 0 Å². The maximum atomic E-state index is 13.5. The van der Waals surface area contributed by atoms with Crippen LogP contribution < -0.4 is 0 Å². The number of rotatable bonds is 6. The monoisotopic (exact) mass is 446 g/mol. The highest BCUT2D eigenvalue weighted by atomic mass is 32.2. The van der Waals surface area contributed by atoms with Crippen molar-refractivity contribution in [1.82, 2.24) is 9.80 Å². The van der Waals surface area contributed by atoms with Gasteiger partial charge < -0.3 is 9.64 Å². The molecule has 2 aliphatic heterocycles. The van der Waals surface area contributed by atoms with Crippen molar-refractivity contribution in [3.8, 4) is 0 Å². The zero-order chi connectivity index (χ0) is 22.2. The Morgan fingerprint density at radius 1 is 1.23 bits per heavy atom. The molecular weight excluding hydrogens is 404 g/mol. The van der Waals surface area contributed by atoms with E-state index >= 15 is 0 Å². The van der Waals surface area contributed by atoms with E-state index in [4.69, 9.17) is 4.74 Å². The summed E-state index contributed by atoms with van der Waals surface area (Å²) in [5, 5.41) is 0. The fourth-order valence-corrected chi connectivity index (χ4v) is 6.10. The average Bonchev–Trinajstić information content (AvgIpc) is 3.34. The van der Waals surface area contributed by atoms with E-state index in [1.54, 1.807) is 0 Å². The number of hydrogen-bond donors (Lipinski definition) is 0. The van der Waals surface area contributed by atoms with Crippen LogP contribution in [-0.2, 0) is 22.5 Å². The topological polar surface area (TPSA) is 32.8 Å². The summed E-state index contributed by atoms with van der Waals surface area (Å²) in [5.41, 5.74) is 2.71. The minimum Gasteiger partial charge on any atom is -0.366 e. The third-order valence-electron chi connectivity index (χ3n) is 6.46. The second kappa shape index (κ2) is 12.3. The zero-order valence-corrected chi connectivity index (χ0v) is 20.9. The van der Waals surface area contributed by atoms with E-state index in [0.717, 1.165) is 19.6 Å². The summed E-state index contributed by atoms with van der Waals surface area (Å²) in [6, 6.07) is 7.46. The van der Waals surface area contributed by atoms with Crippen molar-refractivity contribution in [3.05, 3.63) is 29.3 Å². The molecule has 1 atom stereocenters. The first-order chi connectivity index (χ1) is 15.1. The number of thioether (sulfide) groups is 1. The highest BCUT2D eigenvalue weighted by Crippen LogP contribution is 2.31. The van der Waals surface area contributed by atoms with E-state index in [-0.39, 0.29) is 12.0 Å². The van der Waals surface area contributed by atoms with E-state index in [1.807, 2.05) is 30.5 Å². The van der Waals surface area contributed by atoms with Gasteiger partial charge in [-0.25, -0.2) is 0 Å². The number of benzene rings is 1. The number of morpholine rings is 1. The maximum Gasteiger partial charge on any atom is 0.253 e. The molecule has 2 heterocycles. The molecule has 0 bridgehead atoms. The molecule has 0 radical (unpaired) electrons. The molecule has 1 aliphatic carbocycles. The summed E-state index contributed by atoms with van der Waals surface area (Å²) in [6.45, 7) is 12.3. The minimum atomic E-state index is -0.310. The molecule has 174 valence electrons. The Labute approximate surface area is 194 Å². The molecule has 3 aliphatic rings. The molecule has 1 saturated carbocycles. The highest BCUT2D eigenvalue weighted by Gasteiger charge is 2.34. The Balaban J connectivity index is 0.00000132. The molecular formula is C26H42N2O2S. The molecule has 4 nitrogen and oxygen atoms in total. The lowest BCUT2D eigenvalue weighted by Crippen LogP contribution is -2.53. The Morgan fingerprint density at radius 3 is 2.74 bits per heavy atom. The number of carbonyl (C=O) groups excluding carboxylic acids is 1. The van der Waals surface area contributed by atoms with Crippen molar-refractivity contribution in [2.45, 2.75) is 89.8 Å². The van der Waals surface area contributed by atoms with Crippen LogP contribution in [0.4, 0.5) is 0 Å². The first kappa shape index (κ1) is 24.6. The highest BCUT2D eigenvalue weighted by molar-refractivity contribution is 7.99. The summed E-state index contributed by atoms with van der Waals surface area (Å²) >= 11 is 1.96. The van der Waals surface area contributed by atoms with Gasteiger partial charge in [-0.1, -0.05) is 52.7 Å². The summed E-state index contributed by atoms with van der Waals surface area (Å²) in [6.07, 6.45) is 7.37. The molecule has 31 heavy (non-hydrogen) atoms. The largest absolute Gasteiger partial charge is 0.366 e. The van der Waals surface area contributed by atoms with Gasteiger partial charge in [-0.3, -0.25) is 9.69 Å². The van der Waals surface area contributed by atoms with Crippen LogP contribution >= 0.6 is 11.8 Å². The van der Waals surface area contributed by atoms with Crippen LogP contribution in [0.25, 0.3) is 0 Å².